The molecule has 186 valence electrons. The maximum absolute atomic E-state index is 13.2. The minimum Gasteiger partial charge on any atom is -0.478 e. The lowest BCUT2D eigenvalue weighted by Crippen LogP contribution is -2.48. The van der Waals surface area contributed by atoms with E-state index in [0.29, 0.717) is 5.69 Å². The second kappa shape index (κ2) is 11.3. The second-order valence-electron chi connectivity index (χ2n) is 8.52. The van der Waals surface area contributed by atoms with Crippen LogP contribution in [0.5, 0.6) is 0 Å². The number of aryl methyl sites for hydroxylation is 4. The summed E-state index contributed by atoms with van der Waals surface area (Å²) in [5, 5.41) is 12.4. The average molecular weight is 490 g/mol. The van der Waals surface area contributed by atoms with Gasteiger partial charge in [0.05, 0.1) is 11.1 Å². The molecule has 0 unspecified atom stereocenters. The Balaban J connectivity index is 1.93. The summed E-state index contributed by atoms with van der Waals surface area (Å²) in [6.07, 6.45) is -4.07. The number of amides is 1. The van der Waals surface area contributed by atoms with E-state index in [9.17, 15) is 24.3 Å². The third-order valence-electron chi connectivity index (χ3n) is 5.53. The fourth-order valence-electron chi connectivity index (χ4n) is 3.44. The molecule has 0 aliphatic heterocycles. The summed E-state index contributed by atoms with van der Waals surface area (Å²) in [6, 6.07) is 17.9. The fourth-order valence-corrected chi connectivity index (χ4v) is 3.44. The topological polar surface area (TPSA) is 119 Å². The normalized spacial score (nSPS) is 12.2. The molecular weight excluding hydrogens is 462 g/mol. The number of rotatable bonds is 8. The molecule has 36 heavy (non-hydrogen) atoms. The Morgan fingerprint density at radius 2 is 1.22 bits per heavy atom. The number of aliphatic carboxylic acids is 1. The lowest BCUT2D eigenvalue weighted by molar-refractivity contribution is -0.157. The Morgan fingerprint density at radius 1 is 0.694 bits per heavy atom. The van der Waals surface area contributed by atoms with Crippen LogP contribution in [0, 0.1) is 27.7 Å². The van der Waals surface area contributed by atoms with Crippen LogP contribution in [0.25, 0.3) is 0 Å². The molecule has 0 aliphatic rings. The highest BCUT2D eigenvalue weighted by Gasteiger charge is 2.41. The molecule has 2 N–H and O–H groups in total. The Labute approximate surface area is 208 Å². The minimum atomic E-state index is -2.10. The average Bonchev–Trinajstić information content (AvgIpc) is 2.83. The minimum absolute atomic E-state index is 0.0968. The summed E-state index contributed by atoms with van der Waals surface area (Å²) in [7, 11) is 0. The summed E-state index contributed by atoms with van der Waals surface area (Å²) in [5.74, 6) is -4.50. The molecule has 8 nitrogen and oxygen atoms in total. The number of benzene rings is 3. The molecule has 3 aromatic carbocycles. The van der Waals surface area contributed by atoms with E-state index in [1.807, 2.05) is 13.8 Å². The zero-order chi connectivity index (χ0) is 26.4. The van der Waals surface area contributed by atoms with Crippen molar-refractivity contribution in [2.45, 2.75) is 39.9 Å². The van der Waals surface area contributed by atoms with Gasteiger partial charge in [0, 0.05) is 5.69 Å². The molecule has 0 saturated carbocycles. The lowest BCUT2D eigenvalue weighted by Gasteiger charge is -2.24. The Bertz CT molecular complexity index is 1310. The molecule has 0 saturated heterocycles. The molecule has 2 atom stereocenters. The summed E-state index contributed by atoms with van der Waals surface area (Å²) in [6.45, 7) is 7.28. The lowest BCUT2D eigenvalue weighted by atomic mass is 10.1. The van der Waals surface area contributed by atoms with Gasteiger partial charge < -0.3 is 19.9 Å². The van der Waals surface area contributed by atoms with Gasteiger partial charge in [-0.1, -0.05) is 41.5 Å². The molecule has 8 heteroatoms. The molecule has 0 aromatic heterocycles. The quantitative estimate of drug-likeness (QED) is 0.450. The number of carbonyl (C=O) groups is 4. The van der Waals surface area contributed by atoms with Crippen LogP contribution in [0.4, 0.5) is 5.69 Å². The van der Waals surface area contributed by atoms with Crippen molar-refractivity contribution in [2.24, 2.45) is 0 Å². The van der Waals surface area contributed by atoms with Gasteiger partial charge in [-0.3, -0.25) is 4.79 Å². The van der Waals surface area contributed by atoms with E-state index >= 15 is 0 Å². The van der Waals surface area contributed by atoms with Crippen molar-refractivity contribution in [3.05, 3.63) is 100 Å². The molecule has 3 rings (SSSR count). The third kappa shape index (κ3) is 6.56. The molecule has 0 fully saturated rings. The molecule has 1 amide bonds. The number of anilines is 1. The van der Waals surface area contributed by atoms with Gasteiger partial charge in [-0.05, 0) is 75.2 Å². The Morgan fingerprint density at radius 3 is 1.69 bits per heavy atom. The smallest absolute Gasteiger partial charge is 0.349 e. The van der Waals surface area contributed by atoms with Crippen LogP contribution in [-0.2, 0) is 19.1 Å². The van der Waals surface area contributed by atoms with Gasteiger partial charge in [0.2, 0.25) is 12.2 Å². The number of carboxylic acid groups (broad SMARTS) is 1. The van der Waals surface area contributed by atoms with Crippen LogP contribution in [0.1, 0.15) is 43.0 Å². The highest BCUT2D eigenvalue weighted by atomic mass is 16.6. The zero-order valence-electron chi connectivity index (χ0n) is 20.4. The van der Waals surface area contributed by atoms with Crippen molar-refractivity contribution in [1.82, 2.24) is 0 Å². The number of carboxylic acids is 1. The van der Waals surface area contributed by atoms with Crippen LogP contribution in [0.3, 0.4) is 0 Å². The maximum Gasteiger partial charge on any atom is 0.349 e. The molecular formula is C28H27NO7. The first-order chi connectivity index (χ1) is 17.0. The van der Waals surface area contributed by atoms with Gasteiger partial charge in [0.15, 0.2) is 0 Å². The van der Waals surface area contributed by atoms with Crippen molar-refractivity contribution in [1.29, 1.82) is 0 Å². The maximum atomic E-state index is 13.2. The van der Waals surface area contributed by atoms with E-state index < -0.39 is 36.0 Å². The number of hydrogen-bond donors (Lipinski definition) is 2. The largest absolute Gasteiger partial charge is 0.478 e. The Hall–Kier alpha value is -4.46. The van der Waals surface area contributed by atoms with Gasteiger partial charge in [0.1, 0.15) is 0 Å². The standard InChI is InChI=1S/C28H27NO7/c1-16-7-5-9-20(13-16)27(33)35-23(25(30)29-22-12-11-18(3)19(4)15-22)24(26(31)32)36-28(34)21-10-6-8-17(2)14-21/h5-15,23-24H,1-4H3,(H,29,30)(H,31,32)/t23-,24+/m0/s1. The number of esters is 2. The predicted octanol–water partition coefficient (Wildman–Crippen LogP) is 4.39. The van der Waals surface area contributed by atoms with Crippen LogP contribution in [0.2, 0.25) is 0 Å². The van der Waals surface area contributed by atoms with Gasteiger partial charge in [0.25, 0.3) is 5.91 Å². The van der Waals surface area contributed by atoms with E-state index in [1.54, 1.807) is 56.3 Å². The van der Waals surface area contributed by atoms with Crippen molar-refractivity contribution in [2.75, 3.05) is 5.32 Å². The molecule has 0 aliphatic carbocycles. The van der Waals surface area contributed by atoms with Gasteiger partial charge in [-0.2, -0.15) is 0 Å². The van der Waals surface area contributed by atoms with E-state index in [2.05, 4.69) is 5.32 Å². The van der Waals surface area contributed by atoms with E-state index in [1.165, 1.54) is 24.3 Å². The fraction of sp³-hybridized carbons (Fsp3) is 0.214. The molecule has 0 bridgehead atoms. The van der Waals surface area contributed by atoms with Crippen LogP contribution in [-0.4, -0.2) is 41.1 Å². The highest BCUT2D eigenvalue weighted by Crippen LogP contribution is 2.19. The second-order valence-corrected chi connectivity index (χ2v) is 8.52. The van der Waals surface area contributed by atoms with Crippen molar-refractivity contribution in [3.63, 3.8) is 0 Å². The van der Waals surface area contributed by atoms with Gasteiger partial charge in [-0.25, -0.2) is 14.4 Å². The third-order valence-corrected chi connectivity index (χ3v) is 5.53. The number of hydrogen-bond acceptors (Lipinski definition) is 6. The van der Waals surface area contributed by atoms with Crippen LogP contribution in [0.15, 0.2) is 66.7 Å². The zero-order valence-corrected chi connectivity index (χ0v) is 20.4. The van der Waals surface area contributed by atoms with Crippen molar-refractivity contribution >= 4 is 29.5 Å². The van der Waals surface area contributed by atoms with E-state index in [4.69, 9.17) is 9.47 Å². The van der Waals surface area contributed by atoms with E-state index in [-0.39, 0.29) is 11.1 Å². The van der Waals surface area contributed by atoms with Gasteiger partial charge in [-0.15, -0.1) is 0 Å². The van der Waals surface area contributed by atoms with Crippen LogP contribution < -0.4 is 5.32 Å². The van der Waals surface area contributed by atoms with E-state index in [0.717, 1.165) is 22.3 Å². The number of ether oxygens (including phenoxy) is 2. The first kappa shape index (κ1) is 26.2. The molecule has 0 heterocycles. The van der Waals surface area contributed by atoms with Crippen molar-refractivity contribution in [3.8, 4) is 0 Å². The summed E-state index contributed by atoms with van der Waals surface area (Å²) in [4.78, 5) is 50.9. The first-order valence-corrected chi connectivity index (χ1v) is 11.2. The SMILES string of the molecule is Cc1cccc(C(=O)O[C@H](C(=O)Nc2ccc(C)c(C)c2)[C@@H](OC(=O)c2cccc(C)c2)C(=O)O)c1. The monoisotopic (exact) mass is 489 g/mol. The highest BCUT2D eigenvalue weighted by molar-refractivity contribution is 6.01. The van der Waals surface area contributed by atoms with Crippen molar-refractivity contribution < 1.29 is 33.8 Å². The molecule has 0 radical (unpaired) electrons. The van der Waals surface area contributed by atoms with Crippen LogP contribution >= 0.6 is 0 Å². The number of carbonyl (C=O) groups excluding carboxylic acids is 3. The van der Waals surface area contributed by atoms with Gasteiger partial charge >= 0.3 is 17.9 Å². The first-order valence-electron chi connectivity index (χ1n) is 11.2. The molecule has 3 aromatic rings. The summed E-state index contributed by atoms with van der Waals surface area (Å²) >= 11 is 0. The summed E-state index contributed by atoms with van der Waals surface area (Å²) < 4.78 is 10.6. The molecule has 0 spiro atoms. The summed E-state index contributed by atoms with van der Waals surface area (Å²) in [5.41, 5.74) is 3.99. The number of nitrogens with one attached hydrogen (secondary N) is 1. The predicted molar refractivity (Wildman–Crippen MR) is 133 cm³/mol. The Kier molecular flexibility index (Phi) is 8.22.